The van der Waals surface area contributed by atoms with Crippen LogP contribution in [0.25, 0.3) is 22.4 Å². The van der Waals surface area contributed by atoms with Gasteiger partial charge in [-0.15, -0.1) is 11.3 Å². The van der Waals surface area contributed by atoms with Crippen LogP contribution in [0.5, 0.6) is 0 Å². The molecular formula is C20H16N4OS. The van der Waals surface area contributed by atoms with E-state index < -0.39 is 0 Å². The normalized spacial score (nSPS) is 11.3. The Balaban J connectivity index is 1.50. The van der Waals surface area contributed by atoms with Gasteiger partial charge in [0, 0.05) is 16.0 Å². The highest BCUT2D eigenvalue weighted by atomic mass is 32.1. The van der Waals surface area contributed by atoms with E-state index in [1.807, 2.05) is 54.8 Å². The number of aromatic nitrogens is 2. The number of carbonyl (C=O) groups is 1. The molecule has 0 saturated carbocycles. The number of nitrogens with zero attached hydrogens (tertiary/aromatic N) is 2. The number of imidazole rings is 1. The number of thiophene rings is 1. The van der Waals surface area contributed by atoms with Crippen LogP contribution in [0.3, 0.4) is 0 Å². The molecule has 0 spiro atoms. The van der Waals surface area contributed by atoms with Crippen molar-refractivity contribution >= 4 is 34.5 Å². The van der Waals surface area contributed by atoms with Crippen LogP contribution in [0.2, 0.25) is 0 Å². The molecule has 2 aromatic carbocycles. The maximum Gasteiger partial charge on any atom is 0.271 e. The summed E-state index contributed by atoms with van der Waals surface area (Å²) in [6.07, 6.45) is 1.63. The molecule has 4 aromatic rings. The number of benzene rings is 2. The van der Waals surface area contributed by atoms with Crippen molar-refractivity contribution in [2.24, 2.45) is 5.10 Å². The topological polar surface area (TPSA) is 70.1 Å². The van der Waals surface area contributed by atoms with Gasteiger partial charge in [0.15, 0.2) is 0 Å². The summed E-state index contributed by atoms with van der Waals surface area (Å²) in [4.78, 5) is 21.1. The number of hydrogen-bond acceptors (Lipinski definition) is 4. The first-order chi connectivity index (χ1) is 12.7. The second kappa shape index (κ2) is 6.93. The molecule has 0 saturated heterocycles. The lowest BCUT2D eigenvalue weighted by Crippen LogP contribution is -2.17. The highest BCUT2D eigenvalue weighted by molar-refractivity contribution is 7.11. The minimum Gasteiger partial charge on any atom is -0.338 e. The van der Waals surface area contributed by atoms with E-state index in [2.05, 4.69) is 20.5 Å². The molecule has 0 unspecified atom stereocenters. The van der Waals surface area contributed by atoms with E-state index in [0.29, 0.717) is 5.56 Å². The molecule has 0 atom stereocenters. The third-order valence-corrected chi connectivity index (χ3v) is 4.84. The van der Waals surface area contributed by atoms with Crippen molar-refractivity contribution in [2.75, 3.05) is 0 Å². The zero-order chi connectivity index (χ0) is 17.9. The third-order valence-electron chi connectivity index (χ3n) is 4.04. The Morgan fingerprint density at radius 1 is 1.15 bits per heavy atom. The highest BCUT2D eigenvalue weighted by Gasteiger charge is 2.09. The van der Waals surface area contributed by atoms with Gasteiger partial charge < -0.3 is 4.98 Å². The smallest absolute Gasteiger partial charge is 0.271 e. The number of nitrogens with one attached hydrogen (secondary N) is 2. The predicted octanol–water partition coefficient (Wildman–Crippen LogP) is 4.36. The van der Waals surface area contributed by atoms with Gasteiger partial charge in [-0.2, -0.15) is 5.10 Å². The van der Waals surface area contributed by atoms with Crippen LogP contribution in [0.1, 0.15) is 20.8 Å². The lowest BCUT2D eigenvalue weighted by atomic mass is 10.1. The lowest BCUT2D eigenvalue weighted by molar-refractivity contribution is 0.0955. The summed E-state index contributed by atoms with van der Waals surface area (Å²) in [6.45, 7) is 2.04. The Hall–Kier alpha value is -3.25. The number of rotatable bonds is 4. The van der Waals surface area contributed by atoms with Crippen LogP contribution in [0.15, 0.2) is 65.1 Å². The lowest BCUT2D eigenvalue weighted by Gasteiger charge is -2.01. The summed E-state index contributed by atoms with van der Waals surface area (Å²) in [5, 5.41) is 5.94. The molecule has 26 heavy (non-hydrogen) atoms. The van der Waals surface area contributed by atoms with E-state index >= 15 is 0 Å². The SMILES string of the molecule is Cc1cccc2[nH]c(-c3ccc(C(=O)N/N=C/c4cccs4)cc3)nc12. The fraction of sp³-hybridized carbons (Fsp3) is 0.0500. The fourth-order valence-electron chi connectivity index (χ4n) is 2.68. The zero-order valence-corrected chi connectivity index (χ0v) is 14.9. The molecule has 4 rings (SSSR count). The average molecular weight is 360 g/mol. The number of fused-ring (bicyclic) bond motifs is 1. The maximum absolute atomic E-state index is 12.2. The van der Waals surface area contributed by atoms with Crippen molar-refractivity contribution in [1.82, 2.24) is 15.4 Å². The van der Waals surface area contributed by atoms with Crippen molar-refractivity contribution in [1.29, 1.82) is 0 Å². The minimum absolute atomic E-state index is 0.246. The van der Waals surface area contributed by atoms with Crippen molar-refractivity contribution in [2.45, 2.75) is 6.92 Å². The van der Waals surface area contributed by atoms with Gasteiger partial charge in [-0.05, 0) is 42.1 Å². The number of aromatic amines is 1. The molecule has 0 fully saturated rings. The van der Waals surface area contributed by atoms with Gasteiger partial charge >= 0.3 is 0 Å². The number of carbonyl (C=O) groups excluding carboxylic acids is 1. The van der Waals surface area contributed by atoms with Gasteiger partial charge in [-0.1, -0.05) is 30.3 Å². The van der Waals surface area contributed by atoms with Crippen molar-refractivity contribution in [3.8, 4) is 11.4 Å². The van der Waals surface area contributed by atoms with E-state index in [-0.39, 0.29) is 5.91 Å². The number of H-pyrrole nitrogens is 1. The van der Waals surface area contributed by atoms with Gasteiger partial charge in [0.05, 0.1) is 17.2 Å². The fourth-order valence-corrected chi connectivity index (χ4v) is 3.26. The van der Waals surface area contributed by atoms with Gasteiger partial charge in [-0.25, -0.2) is 10.4 Å². The molecule has 0 bridgehead atoms. The van der Waals surface area contributed by atoms with Gasteiger partial charge in [0.2, 0.25) is 0 Å². The molecule has 0 aliphatic rings. The molecule has 0 radical (unpaired) electrons. The van der Waals surface area contributed by atoms with E-state index in [1.54, 1.807) is 29.7 Å². The van der Waals surface area contributed by atoms with E-state index in [0.717, 1.165) is 32.9 Å². The standard InChI is InChI=1S/C20H16N4OS/c1-13-4-2-6-17-18(13)23-19(22-17)14-7-9-15(10-8-14)20(25)24-21-12-16-5-3-11-26-16/h2-12H,1H3,(H,22,23)(H,24,25)/b21-12+. The summed E-state index contributed by atoms with van der Waals surface area (Å²) < 4.78 is 0. The Morgan fingerprint density at radius 2 is 2.00 bits per heavy atom. The second-order valence-electron chi connectivity index (χ2n) is 5.85. The number of para-hydroxylation sites is 1. The molecule has 2 aromatic heterocycles. The van der Waals surface area contributed by atoms with Crippen LogP contribution in [0.4, 0.5) is 0 Å². The zero-order valence-electron chi connectivity index (χ0n) is 14.1. The first-order valence-corrected chi connectivity index (χ1v) is 9.01. The Bertz CT molecular complexity index is 1080. The van der Waals surface area contributed by atoms with Gasteiger partial charge in [0.1, 0.15) is 5.82 Å². The predicted molar refractivity (Wildman–Crippen MR) is 106 cm³/mol. The molecule has 2 heterocycles. The summed E-state index contributed by atoms with van der Waals surface area (Å²) in [5.74, 6) is 0.543. The first kappa shape index (κ1) is 16.2. The number of hydrogen-bond donors (Lipinski definition) is 2. The van der Waals surface area contributed by atoms with E-state index in [4.69, 9.17) is 0 Å². The van der Waals surface area contributed by atoms with Crippen molar-refractivity contribution in [3.63, 3.8) is 0 Å². The quantitative estimate of drug-likeness (QED) is 0.419. The Kier molecular flexibility index (Phi) is 4.33. The monoisotopic (exact) mass is 360 g/mol. The summed E-state index contributed by atoms with van der Waals surface area (Å²) >= 11 is 1.56. The molecule has 5 nitrogen and oxygen atoms in total. The number of amides is 1. The Labute approximate surface area is 154 Å². The Morgan fingerprint density at radius 3 is 2.73 bits per heavy atom. The van der Waals surface area contributed by atoms with Crippen molar-refractivity contribution in [3.05, 3.63) is 76.0 Å². The van der Waals surface area contributed by atoms with Gasteiger partial charge in [0.25, 0.3) is 5.91 Å². The minimum atomic E-state index is -0.246. The largest absolute Gasteiger partial charge is 0.338 e. The van der Waals surface area contributed by atoms with Crippen LogP contribution in [0, 0.1) is 6.92 Å². The van der Waals surface area contributed by atoms with Gasteiger partial charge in [-0.3, -0.25) is 4.79 Å². The van der Waals surface area contributed by atoms with Crippen LogP contribution < -0.4 is 5.43 Å². The van der Waals surface area contributed by atoms with Crippen molar-refractivity contribution < 1.29 is 4.79 Å². The highest BCUT2D eigenvalue weighted by Crippen LogP contribution is 2.22. The molecule has 2 N–H and O–H groups in total. The first-order valence-electron chi connectivity index (χ1n) is 8.13. The molecule has 0 aliphatic carbocycles. The molecule has 1 amide bonds. The molecular weight excluding hydrogens is 344 g/mol. The van der Waals surface area contributed by atoms with Crippen LogP contribution >= 0.6 is 11.3 Å². The number of aryl methyl sites for hydroxylation is 1. The van der Waals surface area contributed by atoms with E-state index in [9.17, 15) is 4.79 Å². The second-order valence-corrected chi connectivity index (χ2v) is 6.83. The molecule has 6 heteroatoms. The third kappa shape index (κ3) is 3.27. The summed E-state index contributed by atoms with van der Waals surface area (Å²) in [6, 6.07) is 17.2. The van der Waals surface area contributed by atoms with E-state index in [1.165, 1.54) is 0 Å². The summed E-state index contributed by atoms with van der Waals surface area (Å²) in [7, 11) is 0. The number of hydrazone groups is 1. The average Bonchev–Trinajstić information content (AvgIpc) is 3.32. The summed E-state index contributed by atoms with van der Waals surface area (Å²) in [5.41, 5.74) is 7.11. The molecule has 0 aliphatic heterocycles. The van der Waals surface area contributed by atoms with Crippen LogP contribution in [-0.4, -0.2) is 22.1 Å². The maximum atomic E-state index is 12.2. The molecule has 128 valence electrons. The van der Waals surface area contributed by atoms with Crippen LogP contribution in [-0.2, 0) is 0 Å².